The predicted octanol–water partition coefficient (Wildman–Crippen LogP) is 6.01. The highest BCUT2D eigenvalue weighted by Crippen LogP contribution is 2.25. The minimum atomic E-state index is 0.316. The van der Waals surface area contributed by atoms with Crippen LogP contribution in [0.2, 0.25) is 0 Å². The van der Waals surface area contributed by atoms with E-state index in [1.54, 1.807) is 0 Å². The second-order valence-corrected chi connectivity index (χ2v) is 6.79. The van der Waals surface area contributed by atoms with Crippen molar-refractivity contribution in [2.45, 2.75) is 32.4 Å². The summed E-state index contributed by atoms with van der Waals surface area (Å²) in [6, 6.07) is 17.7. The molecule has 0 radical (unpaired) electrons. The first-order valence-corrected chi connectivity index (χ1v) is 8.45. The molecule has 2 atom stereocenters. The van der Waals surface area contributed by atoms with E-state index in [0.29, 0.717) is 12.1 Å². The molecular weight excluding hydrogens is 378 g/mol. The van der Waals surface area contributed by atoms with Gasteiger partial charge in [0.2, 0.25) is 0 Å². The fourth-order valence-electron chi connectivity index (χ4n) is 2.35. The van der Waals surface area contributed by atoms with Gasteiger partial charge < -0.3 is 5.32 Å². The Kier molecular flexibility index (Phi) is 5.82. The highest BCUT2D eigenvalue weighted by molar-refractivity contribution is 9.10. The van der Waals surface area contributed by atoms with Crippen LogP contribution in [0.3, 0.4) is 0 Å². The molecule has 2 aromatic carbocycles. The molecule has 20 heavy (non-hydrogen) atoms. The second-order valence-electron chi connectivity index (χ2n) is 4.96. The van der Waals surface area contributed by atoms with E-state index in [-0.39, 0.29) is 0 Å². The van der Waals surface area contributed by atoms with Crippen LogP contribution in [-0.4, -0.2) is 0 Å². The van der Waals surface area contributed by atoms with Gasteiger partial charge in [0.15, 0.2) is 0 Å². The molecule has 2 aromatic rings. The van der Waals surface area contributed by atoms with Crippen molar-refractivity contribution in [1.29, 1.82) is 0 Å². The number of benzene rings is 2. The second kappa shape index (κ2) is 7.39. The lowest BCUT2D eigenvalue weighted by molar-refractivity contribution is 0.456. The summed E-state index contributed by atoms with van der Waals surface area (Å²) in [4.78, 5) is 0. The molecular formula is C17H19Br2N. The minimum Gasteiger partial charge on any atom is -0.303 e. The van der Waals surface area contributed by atoms with Gasteiger partial charge in [-0.2, -0.15) is 0 Å². The van der Waals surface area contributed by atoms with E-state index < -0.39 is 0 Å². The summed E-state index contributed by atoms with van der Waals surface area (Å²) in [7, 11) is 0. The summed E-state index contributed by atoms with van der Waals surface area (Å²) >= 11 is 7.08. The van der Waals surface area contributed by atoms with E-state index in [1.807, 2.05) is 0 Å². The van der Waals surface area contributed by atoms with Crippen LogP contribution in [0.25, 0.3) is 0 Å². The van der Waals surface area contributed by atoms with Gasteiger partial charge >= 0.3 is 0 Å². The molecule has 3 heteroatoms. The molecule has 0 aliphatic rings. The normalized spacial score (nSPS) is 14.0. The number of rotatable bonds is 5. The Morgan fingerprint density at radius 2 is 1.50 bits per heavy atom. The summed E-state index contributed by atoms with van der Waals surface area (Å²) in [6.45, 7) is 4.43. The molecule has 106 valence electrons. The summed E-state index contributed by atoms with van der Waals surface area (Å²) in [5, 5.41) is 3.71. The average molecular weight is 397 g/mol. The van der Waals surface area contributed by atoms with E-state index >= 15 is 0 Å². The Morgan fingerprint density at radius 1 is 0.950 bits per heavy atom. The van der Waals surface area contributed by atoms with Crippen LogP contribution in [0.15, 0.2) is 57.5 Å². The first-order chi connectivity index (χ1) is 9.60. The van der Waals surface area contributed by atoms with Crippen LogP contribution in [-0.2, 0) is 0 Å². The molecule has 0 fully saturated rings. The summed E-state index contributed by atoms with van der Waals surface area (Å²) in [5.74, 6) is 0. The van der Waals surface area contributed by atoms with Crippen molar-refractivity contribution in [1.82, 2.24) is 5.32 Å². The summed E-state index contributed by atoms with van der Waals surface area (Å²) in [6.07, 6.45) is 1.06. The lowest BCUT2D eigenvalue weighted by Gasteiger charge is -2.23. The van der Waals surface area contributed by atoms with E-state index in [2.05, 4.69) is 99.6 Å². The monoisotopic (exact) mass is 395 g/mol. The predicted molar refractivity (Wildman–Crippen MR) is 92.9 cm³/mol. The molecule has 0 amide bonds. The van der Waals surface area contributed by atoms with Crippen molar-refractivity contribution in [3.05, 3.63) is 68.6 Å². The number of hydrogen-bond acceptors (Lipinski definition) is 1. The van der Waals surface area contributed by atoms with E-state index in [0.717, 1.165) is 15.4 Å². The van der Waals surface area contributed by atoms with Crippen LogP contribution in [0.5, 0.6) is 0 Å². The van der Waals surface area contributed by atoms with Crippen LogP contribution in [0.4, 0.5) is 0 Å². The Morgan fingerprint density at radius 3 is 2.05 bits per heavy atom. The third-order valence-electron chi connectivity index (χ3n) is 3.46. The smallest absolute Gasteiger partial charge is 0.0323 e. The first kappa shape index (κ1) is 15.7. The number of hydrogen-bond donors (Lipinski definition) is 1. The van der Waals surface area contributed by atoms with Gasteiger partial charge in [-0.3, -0.25) is 0 Å². The van der Waals surface area contributed by atoms with Crippen LogP contribution < -0.4 is 5.32 Å². The lowest BCUT2D eigenvalue weighted by atomic mass is 10.0. The molecule has 0 heterocycles. The van der Waals surface area contributed by atoms with Crippen LogP contribution >= 0.6 is 31.9 Å². The topological polar surface area (TPSA) is 12.0 Å². The molecule has 0 spiro atoms. The molecule has 0 aliphatic heterocycles. The van der Waals surface area contributed by atoms with E-state index in [1.165, 1.54) is 11.1 Å². The highest BCUT2D eigenvalue weighted by Gasteiger charge is 2.14. The van der Waals surface area contributed by atoms with Gasteiger partial charge in [-0.05, 0) is 48.7 Å². The van der Waals surface area contributed by atoms with Gasteiger partial charge in [0.05, 0.1) is 0 Å². The fraction of sp³-hybridized carbons (Fsp3) is 0.294. The molecule has 2 unspecified atom stereocenters. The van der Waals surface area contributed by atoms with Crippen LogP contribution in [0, 0.1) is 0 Å². The van der Waals surface area contributed by atoms with Crippen molar-refractivity contribution in [2.75, 3.05) is 0 Å². The molecule has 0 saturated carbocycles. The Hall–Kier alpha value is -0.640. The third-order valence-corrected chi connectivity index (χ3v) is 4.45. The Bertz CT molecular complexity index is 568. The van der Waals surface area contributed by atoms with E-state index in [9.17, 15) is 0 Å². The van der Waals surface area contributed by atoms with Crippen molar-refractivity contribution in [2.24, 2.45) is 0 Å². The largest absolute Gasteiger partial charge is 0.303 e. The van der Waals surface area contributed by atoms with Crippen molar-refractivity contribution in [3.63, 3.8) is 0 Å². The minimum absolute atomic E-state index is 0.316. The van der Waals surface area contributed by atoms with Crippen LogP contribution in [0.1, 0.15) is 43.5 Å². The zero-order valence-electron chi connectivity index (χ0n) is 11.7. The van der Waals surface area contributed by atoms with Gasteiger partial charge in [-0.15, -0.1) is 0 Å². The maximum atomic E-state index is 3.71. The van der Waals surface area contributed by atoms with Crippen molar-refractivity contribution in [3.8, 4) is 0 Å². The fourth-order valence-corrected chi connectivity index (χ4v) is 3.18. The number of nitrogens with one attached hydrogen (secondary N) is 1. The first-order valence-electron chi connectivity index (χ1n) is 6.87. The van der Waals surface area contributed by atoms with Crippen molar-refractivity contribution >= 4 is 31.9 Å². The van der Waals surface area contributed by atoms with Gasteiger partial charge in [0.25, 0.3) is 0 Å². The standard InChI is InChI=1S/C17H19Br2N/c1-3-17(14-7-5-9-16(19)11-14)20-12(2)13-6-4-8-15(18)10-13/h4-12,17,20H,3H2,1-2H3. The maximum absolute atomic E-state index is 3.71. The highest BCUT2D eigenvalue weighted by atomic mass is 79.9. The quantitative estimate of drug-likeness (QED) is 0.651. The molecule has 1 N–H and O–H groups in total. The van der Waals surface area contributed by atoms with Crippen molar-refractivity contribution < 1.29 is 0 Å². The van der Waals surface area contributed by atoms with Gasteiger partial charge in [-0.25, -0.2) is 0 Å². The zero-order chi connectivity index (χ0) is 14.5. The Labute approximate surface area is 138 Å². The molecule has 1 nitrogen and oxygen atoms in total. The maximum Gasteiger partial charge on any atom is 0.0323 e. The number of halogens is 2. The SMILES string of the molecule is CCC(NC(C)c1cccc(Br)c1)c1cccc(Br)c1. The molecule has 2 rings (SSSR count). The molecule has 0 aromatic heterocycles. The molecule has 0 saturated heterocycles. The van der Waals surface area contributed by atoms with Gasteiger partial charge in [0, 0.05) is 21.0 Å². The third kappa shape index (κ3) is 4.18. The molecule has 0 aliphatic carbocycles. The summed E-state index contributed by atoms with van der Waals surface area (Å²) in [5.41, 5.74) is 2.62. The lowest BCUT2D eigenvalue weighted by Crippen LogP contribution is -2.24. The zero-order valence-corrected chi connectivity index (χ0v) is 14.9. The van der Waals surface area contributed by atoms with Gasteiger partial charge in [-0.1, -0.05) is 63.0 Å². The van der Waals surface area contributed by atoms with E-state index in [4.69, 9.17) is 0 Å². The summed E-state index contributed by atoms with van der Waals surface area (Å²) < 4.78 is 2.25. The molecule has 0 bridgehead atoms. The Balaban J connectivity index is 2.14. The van der Waals surface area contributed by atoms with Gasteiger partial charge in [0.1, 0.15) is 0 Å². The average Bonchev–Trinajstić information content (AvgIpc) is 2.44.